The van der Waals surface area contributed by atoms with Gasteiger partial charge in [0, 0.05) is 42.6 Å². The van der Waals surface area contributed by atoms with Crippen LogP contribution in [-0.2, 0) is 9.59 Å². The van der Waals surface area contributed by atoms with E-state index in [2.05, 4.69) is 20.6 Å². The van der Waals surface area contributed by atoms with Crippen LogP contribution in [0, 0.1) is 5.82 Å². The molecule has 2 aliphatic rings. The van der Waals surface area contributed by atoms with Gasteiger partial charge in [-0.25, -0.2) is 9.37 Å². The summed E-state index contributed by atoms with van der Waals surface area (Å²) in [6.07, 6.45) is 2.05. The number of benzene rings is 1. The van der Waals surface area contributed by atoms with Crippen molar-refractivity contribution in [1.29, 1.82) is 0 Å². The number of nitrogens with one attached hydrogen (secondary N) is 2. The van der Waals surface area contributed by atoms with Crippen LogP contribution < -0.4 is 15.5 Å². The largest absolute Gasteiger partial charge is 0.361 e. The molecule has 8 nitrogen and oxygen atoms in total. The maximum atomic E-state index is 14.4. The lowest BCUT2D eigenvalue weighted by atomic mass is 10.1. The molecule has 2 amide bonds. The fraction of sp³-hybridized carbons (Fsp3) is 0.429. The second-order valence-electron chi connectivity index (χ2n) is 7.87. The van der Waals surface area contributed by atoms with Gasteiger partial charge in [-0.05, 0) is 31.0 Å². The van der Waals surface area contributed by atoms with Gasteiger partial charge in [0.15, 0.2) is 11.6 Å². The monoisotopic (exact) mass is 480 g/mol. The Labute approximate surface area is 195 Å². The highest BCUT2D eigenvalue weighted by Crippen LogP contribution is 2.29. The van der Waals surface area contributed by atoms with Gasteiger partial charge in [0.25, 0.3) is 0 Å². The minimum atomic E-state index is -0.573. The number of amides is 2. The Morgan fingerprint density at radius 3 is 2.69 bits per heavy atom. The van der Waals surface area contributed by atoms with Crippen molar-refractivity contribution >= 4 is 46.8 Å². The number of halogens is 3. The number of carbonyl (C=O) groups is 2. The van der Waals surface area contributed by atoms with E-state index < -0.39 is 11.9 Å². The standard InChI is InChI=1S/C21H23Cl2FN6O2/c1-12(14-3-2-13(22)10-15(14)23)26-19-16(24)11-25-21(28-19)30-8-6-29(7-9-30)20(32)17-4-5-18(31)27-17/h2-3,10-12,17H,4-9H2,1H3,(H,27,31)(H,25,26,28)/t12-,17-/m1/s1. The summed E-state index contributed by atoms with van der Waals surface area (Å²) in [5.74, 6) is -0.274. The Hall–Kier alpha value is -2.65. The Kier molecular flexibility index (Phi) is 6.66. The molecule has 0 saturated carbocycles. The maximum Gasteiger partial charge on any atom is 0.245 e. The Balaban J connectivity index is 1.40. The molecule has 2 atom stereocenters. The summed E-state index contributed by atoms with van der Waals surface area (Å²) >= 11 is 12.2. The summed E-state index contributed by atoms with van der Waals surface area (Å²) in [4.78, 5) is 36.1. The van der Waals surface area contributed by atoms with Crippen molar-refractivity contribution in [3.63, 3.8) is 0 Å². The number of anilines is 2. The number of hydrogen-bond acceptors (Lipinski definition) is 6. The topological polar surface area (TPSA) is 90.5 Å². The van der Waals surface area contributed by atoms with E-state index in [1.54, 1.807) is 23.1 Å². The zero-order chi connectivity index (χ0) is 22.8. The molecular weight excluding hydrogens is 458 g/mol. The predicted molar refractivity (Wildman–Crippen MR) is 120 cm³/mol. The average Bonchev–Trinajstić information content (AvgIpc) is 3.21. The first-order valence-electron chi connectivity index (χ1n) is 10.4. The van der Waals surface area contributed by atoms with Crippen LogP contribution in [-0.4, -0.2) is 58.9 Å². The second kappa shape index (κ2) is 9.46. The van der Waals surface area contributed by atoms with Gasteiger partial charge in [0.1, 0.15) is 6.04 Å². The van der Waals surface area contributed by atoms with Crippen LogP contribution in [0.5, 0.6) is 0 Å². The zero-order valence-corrected chi connectivity index (χ0v) is 19.0. The van der Waals surface area contributed by atoms with Gasteiger partial charge in [-0.1, -0.05) is 29.3 Å². The van der Waals surface area contributed by atoms with Gasteiger partial charge in [-0.2, -0.15) is 4.98 Å². The molecular formula is C21H23Cl2FN6O2. The van der Waals surface area contributed by atoms with E-state index in [4.69, 9.17) is 23.2 Å². The molecule has 2 aromatic rings. The predicted octanol–water partition coefficient (Wildman–Crippen LogP) is 3.02. The van der Waals surface area contributed by atoms with E-state index in [1.807, 2.05) is 11.8 Å². The summed E-state index contributed by atoms with van der Waals surface area (Å²) in [5.41, 5.74) is 0.766. The van der Waals surface area contributed by atoms with Gasteiger partial charge in [0.05, 0.1) is 12.2 Å². The first kappa shape index (κ1) is 22.5. The lowest BCUT2D eigenvalue weighted by molar-refractivity contribution is -0.134. The first-order valence-corrected chi connectivity index (χ1v) is 11.1. The molecule has 2 saturated heterocycles. The summed E-state index contributed by atoms with van der Waals surface area (Å²) in [5, 5.41) is 6.76. The summed E-state index contributed by atoms with van der Waals surface area (Å²) in [7, 11) is 0. The van der Waals surface area contributed by atoms with E-state index in [1.165, 1.54) is 0 Å². The molecule has 170 valence electrons. The third-order valence-corrected chi connectivity index (χ3v) is 6.24. The zero-order valence-electron chi connectivity index (χ0n) is 17.4. The van der Waals surface area contributed by atoms with Crippen LogP contribution in [0.2, 0.25) is 10.0 Å². The van der Waals surface area contributed by atoms with Gasteiger partial charge >= 0.3 is 0 Å². The van der Waals surface area contributed by atoms with E-state index in [9.17, 15) is 14.0 Å². The van der Waals surface area contributed by atoms with E-state index in [0.717, 1.165) is 11.8 Å². The number of rotatable bonds is 5. The van der Waals surface area contributed by atoms with Crippen LogP contribution >= 0.6 is 23.2 Å². The summed E-state index contributed by atoms with van der Waals surface area (Å²) < 4.78 is 14.4. The highest BCUT2D eigenvalue weighted by Gasteiger charge is 2.32. The number of nitrogens with zero attached hydrogens (tertiary/aromatic N) is 4. The van der Waals surface area contributed by atoms with Crippen molar-refractivity contribution < 1.29 is 14.0 Å². The number of hydrogen-bond donors (Lipinski definition) is 2. The van der Waals surface area contributed by atoms with Gasteiger partial charge in [0.2, 0.25) is 17.8 Å². The van der Waals surface area contributed by atoms with E-state index >= 15 is 0 Å². The smallest absolute Gasteiger partial charge is 0.245 e. The molecule has 32 heavy (non-hydrogen) atoms. The fourth-order valence-corrected chi connectivity index (χ4v) is 4.47. The maximum absolute atomic E-state index is 14.4. The normalized spacial score (nSPS) is 19.6. The molecule has 0 spiro atoms. The van der Waals surface area contributed by atoms with Gasteiger partial charge in [-0.15, -0.1) is 0 Å². The number of carbonyl (C=O) groups excluding carboxylic acids is 2. The SMILES string of the molecule is C[C@@H](Nc1nc(N2CCN(C(=O)[C@H]3CCC(=O)N3)CC2)ncc1F)c1ccc(Cl)cc1Cl. The van der Waals surface area contributed by atoms with Crippen molar-refractivity contribution in [2.75, 3.05) is 36.4 Å². The van der Waals surface area contributed by atoms with Crippen molar-refractivity contribution in [3.05, 3.63) is 45.8 Å². The van der Waals surface area contributed by atoms with Crippen molar-refractivity contribution in [3.8, 4) is 0 Å². The number of piperazine rings is 1. The molecule has 11 heteroatoms. The van der Waals surface area contributed by atoms with Crippen molar-refractivity contribution in [2.24, 2.45) is 0 Å². The number of aromatic nitrogens is 2. The highest BCUT2D eigenvalue weighted by molar-refractivity contribution is 6.35. The Bertz CT molecular complexity index is 1030. The molecule has 1 aromatic heterocycles. The van der Waals surface area contributed by atoms with Gasteiger partial charge in [-0.3, -0.25) is 9.59 Å². The molecule has 0 unspecified atom stereocenters. The van der Waals surface area contributed by atoms with Crippen LogP contribution in [0.3, 0.4) is 0 Å². The molecule has 1 aromatic carbocycles. The lowest BCUT2D eigenvalue weighted by Crippen LogP contribution is -2.53. The molecule has 3 heterocycles. The van der Waals surface area contributed by atoms with Crippen molar-refractivity contribution in [1.82, 2.24) is 20.2 Å². The minimum absolute atomic E-state index is 0.0634. The molecule has 4 rings (SSSR count). The average molecular weight is 481 g/mol. The molecule has 0 radical (unpaired) electrons. The summed E-state index contributed by atoms with van der Waals surface area (Å²) in [6, 6.07) is 4.39. The van der Waals surface area contributed by atoms with Crippen LogP contribution in [0.4, 0.5) is 16.2 Å². The molecule has 2 aliphatic heterocycles. The van der Waals surface area contributed by atoms with E-state index in [-0.39, 0.29) is 23.7 Å². The van der Waals surface area contributed by atoms with Crippen LogP contribution in [0.25, 0.3) is 0 Å². The van der Waals surface area contributed by atoms with Gasteiger partial charge < -0.3 is 20.4 Å². The quantitative estimate of drug-likeness (QED) is 0.683. The fourth-order valence-electron chi connectivity index (χ4n) is 3.89. The Morgan fingerprint density at radius 2 is 2.03 bits per heavy atom. The summed E-state index contributed by atoms with van der Waals surface area (Å²) in [6.45, 7) is 3.82. The second-order valence-corrected chi connectivity index (χ2v) is 8.71. The molecule has 2 fully saturated rings. The first-order chi connectivity index (χ1) is 15.3. The molecule has 0 bridgehead atoms. The lowest BCUT2D eigenvalue weighted by Gasteiger charge is -2.36. The van der Waals surface area contributed by atoms with Crippen molar-refractivity contribution in [2.45, 2.75) is 31.8 Å². The van der Waals surface area contributed by atoms with E-state index in [0.29, 0.717) is 55.0 Å². The van der Waals surface area contributed by atoms with Crippen LogP contribution in [0.1, 0.15) is 31.4 Å². The Morgan fingerprint density at radius 1 is 1.28 bits per heavy atom. The molecule has 2 N–H and O–H groups in total. The van der Waals surface area contributed by atoms with Crippen LogP contribution in [0.15, 0.2) is 24.4 Å². The third-order valence-electron chi connectivity index (χ3n) is 5.68. The highest BCUT2D eigenvalue weighted by atomic mass is 35.5. The molecule has 0 aliphatic carbocycles. The minimum Gasteiger partial charge on any atom is -0.361 e. The third kappa shape index (κ3) is 4.88.